The van der Waals surface area contributed by atoms with Crippen LogP contribution >= 0.6 is 0 Å². The van der Waals surface area contributed by atoms with Gasteiger partial charge in [0.15, 0.2) is 0 Å². The van der Waals surface area contributed by atoms with Crippen molar-refractivity contribution in [3.8, 4) is 11.1 Å². The van der Waals surface area contributed by atoms with Crippen LogP contribution in [0.25, 0.3) is 21.9 Å². The molecule has 236 valence electrons. The van der Waals surface area contributed by atoms with Crippen LogP contribution in [0.15, 0.2) is 103 Å². The molecule has 1 aliphatic heterocycles. The SMILES string of the molecule is CC(NC(=O)C1CC(=O)C2c3c(ccn3C1)CCC2NC(=O)OCC1c2ccccc2-c2ccccc21)c1cccc2ccccc12. The maximum Gasteiger partial charge on any atom is 0.407 e. The fourth-order valence-electron chi connectivity index (χ4n) is 8.16. The summed E-state index contributed by atoms with van der Waals surface area (Å²) in [7, 11) is 0. The number of aryl methyl sites for hydroxylation is 1. The molecule has 5 aromatic rings. The highest BCUT2D eigenvalue weighted by atomic mass is 16.5. The van der Waals surface area contributed by atoms with E-state index in [1.807, 2.05) is 61.7 Å². The second kappa shape index (κ2) is 11.9. The molecule has 4 aromatic carbocycles. The molecular weight excluding hydrogens is 586 g/mol. The minimum atomic E-state index is -0.525. The van der Waals surface area contributed by atoms with Gasteiger partial charge in [0.05, 0.1) is 17.9 Å². The third-order valence-electron chi connectivity index (χ3n) is 10.4. The summed E-state index contributed by atoms with van der Waals surface area (Å²) >= 11 is 0. The van der Waals surface area contributed by atoms with E-state index < -0.39 is 24.0 Å². The molecule has 0 radical (unpaired) electrons. The van der Waals surface area contributed by atoms with Gasteiger partial charge in [0.1, 0.15) is 12.4 Å². The average molecular weight is 624 g/mol. The van der Waals surface area contributed by atoms with E-state index in [-0.39, 0.29) is 36.7 Å². The second-order valence-corrected chi connectivity index (χ2v) is 13.1. The first-order valence-electron chi connectivity index (χ1n) is 16.6. The summed E-state index contributed by atoms with van der Waals surface area (Å²) in [6, 6.07) is 32.2. The second-order valence-electron chi connectivity index (χ2n) is 13.1. The van der Waals surface area contributed by atoms with Gasteiger partial charge in [-0.25, -0.2) is 4.79 Å². The minimum absolute atomic E-state index is 0.0229. The number of carbonyl (C=O) groups is 3. The molecule has 8 rings (SSSR count). The number of benzene rings is 4. The molecule has 3 aliphatic rings. The lowest BCUT2D eigenvalue weighted by Crippen LogP contribution is -2.45. The van der Waals surface area contributed by atoms with Crippen molar-refractivity contribution in [3.63, 3.8) is 0 Å². The van der Waals surface area contributed by atoms with Gasteiger partial charge in [-0.3, -0.25) is 9.59 Å². The summed E-state index contributed by atoms with van der Waals surface area (Å²) in [6.45, 7) is 2.62. The first-order chi connectivity index (χ1) is 23.0. The molecular formula is C40H37N3O4. The van der Waals surface area contributed by atoms with E-state index >= 15 is 0 Å². The Balaban J connectivity index is 0.966. The lowest BCUT2D eigenvalue weighted by Gasteiger charge is -2.31. The zero-order chi connectivity index (χ0) is 32.1. The molecule has 0 bridgehead atoms. The highest BCUT2D eigenvalue weighted by molar-refractivity contribution is 5.93. The number of carbonyl (C=O) groups excluding carboxylic acids is 3. The number of alkyl carbamates (subject to hydrolysis) is 1. The normalized spacial score (nSPS) is 20.4. The van der Waals surface area contributed by atoms with Gasteiger partial charge in [-0.15, -0.1) is 0 Å². The van der Waals surface area contributed by atoms with E-state index in [9.17, 15) is 14.4 Å². The molecule has 2 aliphatic carbocycles. The Bertz CT molecular complexity index is 1980. The molecule has 0 fully saturated rings. The molecule has 2 heterocycles. The number of amides is 2. The number of aromatic nitrogens is 1. The van der Waals surface area contributed by atoms with E-state index in [1.54, 1.807) is 0 Å². The molecule has 2 amide bonds. The maximum absolute atomic E-state index is 14.0. The molecule has 7 heteroatoms. The lowest BCUT2D eigenvalue weighted by atomic mass is 9.79. The van der Waals surface area contributed by atoms with Crippen LogP contribution in [-0.4, -0.2) is 35.0 Å². The molecule has 47 heavy (non-hydrogen) atoms. The van der Waals surface area contributed by atoms with Crippen molar-refractivity contribution < 1.29 is 19.1 Å². The van der Waals surface area contributed by atoms with Crippen LogP contribution in [0.4, 0.5) is 4.79 Å². The molecule has 1 aromatic heterocycles. The topological polar surface area (TPSA) is 89.4 Å². The standard InChI is InChI=1S/C40H37N3O4/c1-24(28-16-8-10-25-9-2-3-11-29(25)28)41-39(45)27-21-36(44)37-35(18-17-26-19-20-43(22-27)38(26)37)42-40(46)47-23-34-32-14-6-4-12-30(32)31-13-5-7-15-33(31)34/h2-16,19-20,24,27,34-35,37H,17-18,21-23H2,1H3,(H,41,45)(H,42,46). The number of nitrogens with one attached hydrogen (secondary N) is 2. The Hall–Kier alpha value is -5.17. The van der Waals surface area contributed by atoms with Gasteiger partial charge >= 0.3 is 6.09 Å². The predicted octanol–water partition coefficient (Wildman–Crippen LogP) is 7.04. The first-order valence-corrected chi connectivity index (χ1v) is 16.6. The number of hydrogen-bond donors (Lipinski definition) is 2. The molecule has 2 N–H and O–H groups in total. The minimum Gasteiger partial charge on any atom is -0.449 e. The van der Waals surface area contributed by atoms with Gasteiger partial charge in [0.25, 0.3) is 0 Å². The van der Waals surface area contributed by atoms with Crippen molar-refractivity contribution in [1.29, 1.82) is 0 Å². The summed E-state index contributed by atoms with van der Waals surface area (Å²) in [4.78, 5) is 41.0. The van der Waals surface area contributed by atoms with Crippen LogP contribution < -0.4 is 10.6 Å². The van der Waals surface area contributed by atoms with E-state index in [4.69, 9.17) is 4.74 Å². The van der Waals surface area contributed by atoms with Crippen molar-refractivity contribution in [3.05, 3.63) is 131 Å². The van der Waals surface area contributed by atoms with Crippen LogP contribution in [0.1, 0.15) is 65.6 Å². The Morgan fingerprint density at radius 1 is 0.894 bits per heavy atom. The average Bonchev–Trinajstić information content (AvgIpc) is 3.60. The van der Waals surface area contributed by atoms with Crippen LogP contribution in [0, 0.1) is 5.92 Å². The fraction of sp³-hybridized carbons (Fsp3) is 0.275. The fourth-order valence-corrected chi connectivity index (χ4v) is 8.16. The first kappa shape index (κ1) is 29.2. The van der Waals surface area contributed by atoms with E-state index in [0.717, 1.165) is 45.1 Å². The highest BCUT2D eigenvalue weighted by Crippen LogP contribution is 2.44. The summed E-state index contributed by atoms with van der Waals surface area (Å²) in [5.41, 5.74) is 7.73. The van der Waals surface area contributed by atoms with Gasteiger partial charge in [-0.2, -0.15) is 0 Å². The number of nitrogens with zero attached hydrogens (tertiary/aromatic N) is 1. The van der Waals surface area contributed by atoms with Crippen LogP contribution in [0.2, 0.25) is 0 Å². The molecule has 7 nitrogen and oxygen atoms in total. The van der Waals surface area contributed by atoms with Crippen LogP contribution in [-0.2, 0) is 27.3 Å². The van der Waals surface area contributed by atoms with Crippen LogP contribution in [0.3, 0.4) is 0 Å². The highest BCUT2D eigenvalue weighted by Gasteiger charge is 2.42. The molecule has 4 atom stereocenters. The van der Waals surface area contributed by atoms with Crippen molar-refractivity contribution in [2.45, 2.75) is 56.7 Å². The summed E-state index contributed by atoms with van der Waals surface area (Å²) in [5, 5.41) is 8.48. The quantitative estimate of drug-likeness (QED) is 0.212. The monoisotopic (exact) mass is 623 g/mol. The number of Topliss-reactive ketones (excluding diaryl/α,β-unsaturated/α-hetero) is 1. The summed E-state index contributed by atoms with van der Waals surface area (Å²) < 4.78 is 7.92. The maximum atomic E-state index is 14.0. The Morgan fingerprint density at radius 2 is 1.60 bits per heavy atom. The van der Waals surface area contributed by atoms with Gasteiger partial charge in [-0.1, -0.05) is 91.0 Å². The largest absolute Gasteiger partial charge is 0.449 e. The third-order valence-corrected chi connectivity index (χ3v) is 10.4. The smallest absolute Gasteiger partial charge is 0.407 e. The zero-order valence-electron chi connectivity index (χ0n) is 26.3. The predicted molar refractivity (Wildman–Crippen MR) is 181 cm³/mol. The number of hydrogen-bond acceptors (Lipinski definition) is 4. The van der Waals surface area contributed by atoms with E-state index in [0.29, 0.717) is 13.0 Å². The molecule has 4 unspecified atom stereocenters. The molecule has 0 saturated heterocycles. The van der Waals surface area contributed by atoms with E-state index in [1.165, 1.54) is 11.1 Å². The summed E-state index contributed by atoms with van der Waals surface area (Å²) in [6.07, 6.45) is 2.96. The van der Waals surface area contributed by atoms with Crippen molar-refractivity contribution in [2.75, 3.05) is 6.61 Å². The van der Waals surface area contributed by atoms with Crippen molar-refractivity contribution in [1.82, 2.24) is 15.2 Å². The van der Waals surface area contributed by atoms with Crippen molar-refractivity contribution >= 4 is 28.6 Å². The zero-order valence-corrected chi connectivity index (χ0v) is 26.3. The van der Waals surface area contributed by atoms with Crippen molar-refractivity contribution in [2.24, 2.45) is 5.92 Å². The molecule has 0 spiro atoms. The Kier molecular flexibility index (Phi) is 7.39. The Morgan fingerprint density at radius 3 is 2.38 bits per heavy atom. The van der Waals surface area contributed by atoms with Gasteiger partial charge in [-0.05, 0) is 70.0 Å². The summed E-state index contributed by atoms with van der Waals surface area (Å²) in [5.74, 6) is -1.25. The lowest BCUT2D eigenvalue weighted by molar-refractivity contribution is -0.130. The van der Waals surface area contributed by atoms with E-state index in [2.05, 4.69) is 63.7 Å². The van der Waals surface area contributed by atoms with Gasteiger partial charge in [0, 0.05) is 36.8 Å². The number of ether oxygens (including phenoxy) is 1. The number of ketones is 1. The molecule has 0 saturated carbocycles. The Labute approximate surface area is 273 Å². The number of fused-ring (bicyclic) bond motifs is 4. The van der Waals surface area contributed by atoms with Gasteiger partial charge < -0.3 is 19.9 Å². The number of rotatable bonds is 6. The van der Waals surface area contributed by atoms with Crippen LogP contribution in [0.5, 0.6) is 0 Å². The van der Waals surface area contributed by atoms with Gasteiger partial charge in [0.2, 0.25) is 5.91 Å². The third kappa shape index (κ3) is 5.20.